The molecule has 0 spiro atoms. The monoisotopic (exact) mass is 650 g/mol. The van der Waals surface area contributed by atoms with Gasteiger partial charge in [0.1, 0.15) is 6.54 Å². The van der Waals surface area contributed by atoms with Gasteiger partial charge in [-0.05, 0) is 79.1 Å². The Morgan fingerprint density at radius 3 is 2.39 bits per heavy atom. The number of pyridine rings is 2. The molecule has 0 saturated heterocycles. The fraction of sp³-hybridized carbons (Fsp3) is 0.489. The second-order valence-electron chi connectivity index (χ2n) is 16.7. The third-order valence-electron chi connectivity index (χ3n) is 13.4. The maximum Gasteiger partial charge on any atom is 0.221 e. The number of aryl methyl sites for hydroxylation is 1. The Labute approximate surface area is 293 Å². The standard InChI is InChI=1S/C45H54N4/c1-28-23-32-18-21-48-43-31(4)49(35-15-11-8-12-16-35)30(3)25-29(2)47(34-13-9-7-10-14-34)22-19-37(43)41-36-17-20-46-27-33(36)26-39-42(41)44(48)40(32)38(24-28)45(39,5)6/h17-18,20-21,23-27,34-35,37,43H,4,7-16,19,22H2,1-3,5-6H3/q+2. The molecule has 2 aliphatic heterocycles. The first-order valence-corrected chi connectivity index (χ1v) is 19.4. The zero-order valence-corrected chi connectivity index (χ0v) is 30.5. The van der Waals surface area contributed by atoms with E-state index in [9.17, 15) is 0 Å². The number of fused-ring (bicyclic) bond motifs is 5. The fourth-order valence-corrected chi connectivity index (χ4v) is 11.2. The highest BCUT2D eigenvalue weighted by molar-refractivity contribution is 6.05. The Bertz CT molecular complexity index is 2080. The molecule has 0 amide bonds. The van der Waals surface area contributed by atoms with E-state index in [4.69, 9.17) is 11.6 Å². The van der Waals surface area contributed by atoms with Crippen LogP contribution < -0.4 is 4.57 Å². The van der Waals surface area contributed by atoms with E-state index < -0.39 is 0 Å². The van der Waals surface area contributed by atoms with Gasteiger partial charge in [-0.25, -0.2) is 4.58 Å². The molecule has 9 rings (SSSR count). The van der Waals surface area contributed by atoms with E-state index in [1.54, 1.807) is 5.56 Å². The number of rotatable bonds is 2. The van der Waals surface area contributed by atoms with Crippen LogP contribution >= 0.6 is 0 Å². The summed E-state index contributed by atoms with van der Waals surface area (Å²) < 4.78 is 5.53. The number of nitrogens with zero attached hydrogens (tertiary/aromatic N) is 4. The number of hydrogen-bond acceptors (Lipinski definition) is 2. The summed E-state index contributed by atoms with van der Waals surface area (Å²) in [6.45, 7) is 18.2. The van der Waals surface area contributed by atoms with Gasteiger partial charge in [0.25, 0.3) is 0 Å². The Morgan fingerprint density at radius 1 is 0.857 bits per heavy atom. The third-order valence-corrected chi connectivity index (χ3v) is 13.4. The van der Waals surface area contributed by atoms with Crippen LogP contribution in [-0.4, -0.2) is 38.8 Å². The van der Waals surface area contributed by atoms with E-state index in [2.05, 4.69) is 97.5 Å². The molecule has 3 aliphatic carbocycles. The topological polar surface area (TPSA) is 23.0 Å². The van der Waals surface area contributed by atoms with Crippen molar-refractivity contribution in [1.82, 2.24) is 9.88 Å². The summed E-state index contributed by atoms with van der Waals surface area (Å²) in [5.41, 5.74) is 12.6. The van der Waals surface area contributed by atoms with E-state index in [1.165, 1.54) is 131 Å². The molecule has 0 radical (unpaired) electrons. The number of benzene rings is 2. The number of allylic oxidation sites excluding steroid dienone is 3. The van der Waals surface area contributed by atoms with E-state index >= 15 is 0 Å². The molecule has 0 bridgehead atoms. The zero-order valence-electron chi connectivity index (χ0n) is 30.5. The Balaban J connectivity index is 1.36. The molecule has 2 aromatic carbocycles. The quantitative estimate of drug-likeness (QED) is 0.202. The molecule has 4 nitrogen and oxygen atoms in total. The lowest BCUT2D eigenvalue weighted by atomic mass is 9.64. The van der Waals surface area contributed by atoms with Gasteiger partial charge < -0.3 is 4.90 Å². The van der Waals surface area contributed by atoms with Crippen LogP contribution in [0.3, 0.4) is 0 Å². The summed E-state index contributed by atoms with van der Waals surface area (Å²) >= 11 is 0. The van der Waals surface area contributed by atoms with Gasteiger partial charge in [-0.2, -0.15) is 4.57 Å². The van der Waals surface area contributed by atoms with Crippen molar-refractivity contribution < 1.29 is 9.14 Å². The highest BCUT2D eigenvalue weighted by Crippen LogP contribution is 2.56. The summed E-state index contributed by atoms with van der Waals surface area (Å²) in [4.78, 5) is 7.43. The smallest absolute Gasteiger partial charge is 0.221 e. The lowest BCUT2D eigenvalue weighted by Crippen LogP contribution is -2.54. The van der Waals surface area contributed by atoms with Crippen molar-refractivity contribution in [2.24, 2.45) is 0 Å². The van der Waals surface area contributed by atoms with E-state index in [0.717, 1.165) is 13.0 Å². The van der Waals surface area contributed by atoms with Crippen molar-refractivity contribution in [2.75, 3.05) is 6.54 Å². The molecule has 252 valence electrons. The molecular weight excluding hydrogens is 597 g/mol. The first kappa shape index (κ1) is 31.2. The van der Waals surface area contributed by atoms with Crippen LogP contribution in [0.4, 0.5) is 0 Å². The van der Waals surface area contributed by atoms with Crippen LogP contribution in [0.15, 0.2) is 73.0 Å². The second kappa shape index (κ2) is 11.6. The largest absolute Gasteiger partial charge is 0.340 e. The first-order chi connectivity index (χ1) is 23.7. The molecule has 2 atom stereocenters. The minimum atomic E-state index is -0.129. The van der Waals surface area contributed by atoms with Gasteiger partial charge in [0.15, 0.2) is 18.0 Å². The summed E-state index contributed by atoms with van der Waals surface area (Å²) in [6, 6.07) is 13.3. The maximum absolute atomic E-state index is 5.15. The summed E-state index contributed by atoms with van der Waals surface area (Å²) in [6.07, 6.45) is 23.4. The van der Waals surface area contributed by atoms with Crippen LogP contribution in [0, 0.1) is 6.92 Å². The van der Waals surface area contributed by atoms with Gasteiger partial charge in [-0.3, -0.25) is 4.98 Å². The predicted octanol–water partition coefficient (Wildman–Crippen LogP) is 10.2. The maximum atomic E-state index is 5.15. The van der Waals surface area contributed by atoms with Crippen molar-refractivity contribution in [3.8, 4) is 11.3 Å². The van der Waals surface area contributed by atoms with Crippen molar-refractivity contribution in [2.45, 2.75) is 135 Å². The van der Waals surface area contributed by atoms with Crippen LogP contribution in [0.2, 0.25) is 0 Å². The summed E-state index contributed by atoms with van der Waals surface area (Å²) in [5, 5.41) is 5.45. The lowest BCUT2D eigenvalue weighted by molar-refractivity contribution is -0.710. The second-order valence-corrected chi connectivity index (χ2v) is 16.7. The molecule has 2 unspecified atom stereocenters. The SMILES string of the molecule is C=C1C2C(CC[N+](C3CCCCC3)=C(C)/C=C(/C)N1C1CCCCC1)c1c3c(cc4cnccc14)C(C)(C)c1cc(C)cc4cc[n+]2c-3c14. The molecule has 4 aromatic rings. The van der Waals surface area contributed by atoms with Crippen molar-refractivity contribution in [3.05, 3.63) is 95.2 Å². The molecule has 2 saturated carbocycles. The average molecular weight is 651 g/mol. The normalized spacial score (nSPS) is 25.4. The van der Waals surface area contributed by atoms with Gasteiger partial charge in [0, 0.05) is 73.3 Å². The van der Waals surface area contributed by atoms with Crippen LogP contribution in [0.1, 0.15) is 133 Å². The zero-order chi connectivity index (χ0) is 33.6. The third kappa shape index (κ3) is 4.72. The molecule has 0 N–H and O–H groups in total. The number of hydrogen-bond donors (Lipinski definition) is 0. The van der Waals surface area contributed by atoms with Gasteiger partial charge in [-0.15, -0.1) is 0 Å². The molecule has 49 heavy (non-hydrogen) atoms. The predicted molar refractivity (Wildman–Crippen MR) is 202 cm³/mol. The van der Waals surface area contributed by atoms with Gasteiger partial charge in [0.2, 0.25) is 11.7 Å². The fourth-order valence-electron chi connectivity index (χ4n) is 11.2. The van der Waals surface area contributed by atoms with Crippen molar-refractivity contribution >= 4 is 27.3 Å². The van der Waals surface area contributed by atoms with Gasteiger partial charge in [-0.1, -0.05) is 63.8 Å². The summed E-state index contributed by atoms with van der Waals surface area (Å²) in [5.74, 6) is 0.293. The summed E-state index contributed by atoms with van der Waals surface area (Å²) in [7, 11) is 0. The van der Waals surface area contributed by atoms with Gasteiger partial charge >= 0.3 is 0 Å². The lowest BCUT2D eigenvalue weighted by Gasteiger charge is -2.44. The van der Waals surface area contributed by atoms with E-state index in [0.29, 0.717) is 18.0 Å². The highest BCUT2D eigenvalue weighted by atomic mass is 15.2. The van der Waals surface area contributed by atoms with Gasteiger partial charge in [0.05, 0.1) is 22.6 Å². The minimum absolute atomic E-state index is 0.129. The Morgan fingerprint density at radius 2 is 1.61 bits per heavy atom. The molecule has 2 fully saturated rings. The van der Waals surface area contributed by atoms with Crippen molar-refractivity contribution in [1.29, 1.82) is 0 Å². The minimum Gasteiger partial charge on any atom is -0.340 e. The molecule has 5 aliphatic rings. The van der Waals surface area contributed by atoms with Crippen LogP contribution in [0.5, 0.6) is 0 Å². The molecule has 4 heterocycles. The van der Waals surface area contributed by atoms with E-state index in [-0.39, 0.29) is 11.5 Å². The number of aromatic nitrogens is 2. The molecule has 4 heteroatoms. The average Bonchev–Trinajstić information content (AvgIpc) is 3.10. The van der Waals surface area contributed by atoms with E-state index in [1.807, 2.05) is 6.20 Å². The molecular formula is C45H54N4+2. The Kier molecular flexibility index (Phi) is 7.41. The van der Waals surface area contributed by atoms with Crippen molar-refractivity contribution in [3.63, 3.8) is 0 Å². The first-order valence-electron chi connectivity index (χ1n) is 19.4. The molecule has 2 aromatic heterocycles. The van der Waals surface area contributed by atoms with Crippen LogP contribution in [0.25, 0.3) is 32.8 Å². The Hall–Kier alpha value is -3.79. The van der Waals surface area contributed by atoms with Crippen LogP contribution in [-0.2, 0) is 5.41 Å². The highest BCUT2D eigenvalue weighted by Gasteiger charge is 2.51.